The molecular weight excluding hydrogens is 261 g/mol. The Balaban J connectivity index is 2.51. The molecule has 0 unspecified atom stereocenters. The van der Waals surface area contributed by atoms with Crippen molar-refractivity contribution in [3.63, 3.8) is 0 Å². The molecule has 2 aromatic rings. The van der Waals surface area contributed by atoms with E-state index in [1.54, 1.807) is 12.1 Å². The molecule has 72 valence electrons. The number of rotatable bonds is 1. The van der Waals surface area contributed by atoms with Crippen LogP contribution in [0.15, 0.2) is 24.3 Å². The summed E-state index contributed by atoms with van der Waals surface area (Å²) >= 11 is 18.9. The van der Waals surface area contributed by atoms with Crippen LogP contribution in [0.1, 0.15) is 0 Å². The van der Waals surface area contributed by atoms with Crippen molar-refractivity contribution in [2.45, 2.75) is 0 Å². The first-order valence-corrected chi connectivity index (χ1v) is 5.69. The van der Waals surface area contributed by atoms with Crippen molar-refractivity contribution in [2.75, 3.05) is 0 Å². The summed E-state index contributed by atoms with van der Waals surface area (Å²) in [6, 6.07) is 7.28. The first-order valence-electron chi connectivity index (χ1n) is 3.74. The summed E-state index contributed by atoms with van der Waals surface area (Å²) in [5.74, 6) is 0. The highest BCUT2D eigenvalue weighted by atomic mass is 35.5. The molecule has 0 aliphatic heterocycles. The highest BCUT2D eigenvalue weighted by Crippen LogP contribution is 2.32. The lowest BCUT2D eigenvalue weighted by Gasteiger charge is -1.98. The summed E-state index contributed by atoms with van der Waals surface area (Å²) in [5.41, 5.74) is 0.937. The lowest BCUT2D eigenvalue weighted by molar-refractivity contribution is 1.33. The minimum Gasteiger partial charge on any atom is -0.224 e. The van der Waals surface area contributed by atoms with Gasteiger partial charge >= 0.3 is 0 Å². The predicted molar refractivity (Wildman–Crippen MR) is 62.6 cm³/mol. The van der Waals surface area contributed by atoms with Crippen LogP contribution in [0.4, 0.5) is 0 Å². The fourth-order valence-electron chi connectivity index (χ4n) is 1.08. The maximum Gasteiger partial charge on any atom is 0.131 e. The van der Waals surface area contributed by atoms with Crippen molar-refractivity contribution in [1.29, 1.82) is 0 Å². The highest BCUT2D eigenvalue weighted by Gasteiger charge is 2.04. The second kappa shape index (κ2) is 4.07. The molecule has 0 bridgehead atoms. The number of nitrogens with zero attached hydrogens (tertiary/aromatic N) is 1. The summed E-state index contributed by atoms with van der Waals surface area (Å²) in [7, 11) is 0. The normalized spacial score (nSPS) is 10.5. The Morgan fingerprint density at radius 1 is 1.00 bits per heavy atom. The zero-order valence-corrected chi connectivity index (χ0v) is 9.88. The third-order valence-corrected chi connectivity index (χ3v) is 3.29. The van der Waals surface area contributed by atoms with Gasteiger partial charge in [-0.15, -0.1) is 11.3 Å². The van der Waals surface area contributed by atoms with Crippen LogP contribution in [0.2, 0.25) is 14.6 Å². The molecule has 0 aromatic carbocycles. The molecule has 0 saturated carbocycles. The van der Waals surface area contributed by atoms with E-state index < -0.39 is 0 Å². The SMILES string of the molecule is Clc1cc(-c2ccc(Cl)s2)cc(Cl)n1. The van der Waals surface area contributed by atoms with E-state index in [-0.39, 0.29) is 0 Å². The summed E-state index contributed by atoms with van der Waals surface area (Å²) in [6.45, 7) is 0. The van der Waals surface area contributed by atoms with Gasteiger partial charge in [0.1, 0.15) is 10.3 Å². The van der Waals surface area contributed by atoms with Crippen LogP contribution < -0.4 is 0 Å². The number of halogens is 3. The molecule has 0 fully saturated rings. The summed E-state index contributed by atoms with van der Waals surface area (Å²) in [6.07, 6.45) is 0. The molecule has 0 amide bonds. The Morgan fingerprint density at radius 3 is 2.14 bits per heavy atom. The van der Waals surface area contributed by atoms with Crippen molar-refractivity contribution in [3.8, 4) is 10.4 Å². The molecular formula is C9H4Cl3NS. The van der Waals surface area contributed by atoms with Crippen molar-refractivity contribution >= 4 is 46.1 Å². The molecule has 0 aliphatic carbocycles. The topological polar surface area (TPSA) is 12.9 Å². The lowest BCUT2D eigenvalue weighted by atomic mass is 10.2. The zero-order valence-electron chi connectivity index (χ0n) is 6.80. The fraction of sp³-hybridized carbons (Fsp3) is 0. The Bertz CT molecular complexity index is 447. The number of pyridine rings is 1. The van der Waals surface area contributed by atoms with Crippen LogP contribution >= 0.6 is 46.1 Å². The molecule has 0 N–H and O–H groups in total. The number of hydrogen-bond acceptors (Lipinski definition) is 2. The lowest BCUT2D eigenvalue weighted by Crippen LogP contribution is -1.78. The maximum absolute atomic E-state index is 5.83. The number of aromatic nitrogens is 1. The van der Waals surface area contributed by atoms with E-state index in [0.717, 1.165) is 14.8 Å². The summed E-state index contributed by atoms with van der Waals surface area (Å²) in [5, 5.41) is 0.772. The van der Waals surface area contributed by atoms with E-state index >= 15 is 0 Å². The first kappa shape index (κ1) is 10.2. The van der Waals surface area contributed by atoms with E-state index in [2.05, 4.69) is 4.98 Å². The third-order valence-electron chi connectivity index (χ3n) is 1.62. The smallest absolute Gasteiger partial charge is 0.131 e. The predicted octanol–water partition coefficient (Wildman–Crippen LogP) is 4.77. The summed E-state index contributed by atoms with van der Waals surface area (Å²) < 4.78 is 0.740. The van der Waals surface area contributed by atoms with Crippen molar-refractivity contribution in [3.05, 3.63) is 38.9 Å². The number of hydrogen-bond donors (Lipinski definition) is 0. The van der Waals surface area contributed by atoms with E-state index in [1.807, 2.05) is 12.1 Å². The van der Waals surface area contributed by atoms with Crippen molar-refractivity contribution < 1.29 is 0 Å². The van der Waals surface area contributed by atoms with Crippen molar-refractivity contribution in [1.82, 2.24) is 4.98 Å². The Kier molecular flexibility index (Phi) is 2.98. The zero-order chi connectivity index (χ0) is 10.1. The van der Waals surface area contributed by atoms with Crippen LogP contribution in [-0.2, 0) is 0 Å². The standard InChI is InChI=1S/C9H4Cl3NS/c10-7-3-5(4-8(11)13-7)6-1-2-9(12)14-6/h1-4H. The van der Waals surface area contributed by atoms with Crippen LogP contribution in [0.5, 0.6) is 0 Å². The van der Waals surface area contributed by atoms with Gasteiger partial charge in [0.2, 0.25) is 0 Å². The van der Waals surface area contributed by atoms with Gasteiger partial charge in [0, 0.05) is 4.88 Å². The molecule has 0 saturated heterocycles. The Morgan fingerprint density at radius 2 is 1.64 bits per heavy atom. The van der Waals surface area contributed by atoms with Gasteiger partial charge in [0.25, 0.3) is 0 Å². The van der Waals surface area contributed by atoms with Gasteiger partial charge in [-0.05, 0) is 29.8 Å². The molecule has 5 heteroatoms. The van der Waals surface area contributed by atoms with Gasteiger partial charge < -0.3 is 0 Å². The average molecular weight is 265 g/mol. The molecule has 0 spiro atoms. The second-order valence-electron chi connectivity index (χ2n) is 2.61. The molecule has 14 heavy (non-hydrogen) atoms. The molecule has 0 aliphatic rings. The quantitative estimate of drug-likeness (QED) is 0.676. The molecule has 0 atom stereocenters. The number of thiophene rings is 1. The first-order chi connectivity index (χ1) is 6.65. The fourth-order valence-corrected chi connectivity index (χ4v) is 2.57. The Hall–Kier alpha value is -0.280. The van der Waals surface area contributed by atoms with E-state index in [1.165, 1.54) is 11.3 Å². The van der Waals surface area contributed by atoms with E-state index in [0.29, 0.717) is 10.3 Å². The van der Waals surface area contributed by atoms with Gasteiger partial charge in [-0.2, -0.15) is 0 Å². The van der Waals surface area contributed by atoms with E-state index in [9.17, 15) is 0 Å². The average Bonchev–Trinajstić information content (AvgIpc) is 2.50. The monoisotopic (exact) mass is 263 g/mol. The minimum atomic E-state index is 0.386. The van der Waals surface area contributed by atoms with Crippen LogP contribution in [0.25, 0.3) is 10.4 Å². The molecule has 1 nitrogen and oxygen atoms in total. The van der Waals surface area contributed by atoms with Crippen molar-refractivity contribution in [2.24, 2.45) is 0 Å². The Labute approximate surface area is 100 Å². The van der Waals surface area contributed by atoms with Gasteiger partial charge in [-0.3, -0.25) is 0 Å². The summed E-state index contributed by atoms with van der Waals surface area (Å²) in [4.78, 5) is 4.90. The van der Waals surface area contributed by atoms with Gasteiger partial charge in [0.15, 0.2) is 0 Å². The molecule has 2 heterocycles. The highest BCUT2D eigenvalue weighted by molar-refractivity contribution is 7.19. The van der Waals surface area contributed by atoms with Crippen LogP contribution in [-0.4, -0.2) is 4.98 Å². The third kappa shape index (κ3) is 2.20. The van der Waals surface area contributed by atoms with Gasteiger partial charge in [-0.25, -0.2) is 4.98 Å². The van der Waals surface area contributed by atoms with Crippen LogP contribution in [0.3, 0.4) is 0 Å². The molecule has 2 rings (SSSR count). The second-order valence-corrected chi connectivity index (χ2v) is 5.09. The largest absolute Gasteiger partial charge is 0.224 e. The van der Waals surface area contributed by atoms with Gasteiger partial charge in [-0.1, -0.05) is 34.8 Å². The maximum atomic E-state index is 5.83. The van der Waals surface area contributed by atoms with Crippen LogP contribution in [0, 0.1) is 0 Å². The van der Waals surface area contributed by atoms with Gasteiger partial charge in [0.05, 0.1) is 4.34 Å². The molecule has 0 radical (unpaired) electrons. The molecule has 2 aromatic heterocycles. The minimum absolute atomic E-state index is 0.386. The van der Waals surface area contributed by atoms with E-state index in [4.69, 9.17) is 34.8 Å².